The molecule has 0 atom stereocenters. The van der Waals surface area contributed by atoms with Crippen molar-refractivity contribution in [2.45, 2.75) is 57.8 Å². The Bertz CT molecular complexity index is 431. The molecule has 0 spiro atoms. The van der Waals surface area contributed by atoms with E-state index in [2.05, 4.69) is 45.8 Å². The van der Waals surface area contributed by atoms with Crippen molar-refractivity contribution in [3.05, 3.63) is 12.4 Å². The highest BCUT2D eigenvalue weighted by atomic mass is 28.3. The topological polar surface area (TPSA) is 35.2 Å². The molecule has 6 heteroatoms. The van der Waals surface area contributed by atoms with Gasteiger partial charge in [0.25, 0.3) is 0 Å². The highest BCUT2D eigenvalue weighted by molar-refractivity contribution is 6.88. The van der Waals surface area contributed by atoms with Crippen molar-refractivity contribution in [3.63, 3.8) is 0 Å². The standard InChI is InChI=1S/C13H22N2O2Si.Al/c1-18(2,3)12-13(17-16)15(10-9-14-12)11-7-5-4-6-8-11;/h9-11H,4-8H2,1-3H3;/q;+1. The quantitative estimate of drug-likeness (QED) is 0.368. The predicted octanol–water partition coefficient (Wildman–Crippen LogP) is 1.81. The van der Waals surface area contributed by atoms with Gasteiger partial charge in [-0.05, 0) is 12.8 Å². The maximum Gasteiger partial charge on any atom is 0.459 e. The van der Waals surface area contributed by atoms with E-state index in [-0.39, 0.29) is 0 Å². The number of hydrogen-bond donors (Lipinski definition) is 0. The summed E-state index contributed by atoms with van der Waals surface area (Å²) in [6, 6.07) is 0.516. The van der Waals surface area contributed by atoms with Crippen LogP contribution in [0, 0.1) is 0 Å². The molecule has 1 aliphatic carbocycles. The summed E-state index contributed by atoms with van der Waals surface area (Å²) in [4.78, 5) is 10.00. The van der Waals surface area contributed by atoms with Crippen LogP contribution in [0.1, 0.15) is 38.1 Å². The van der Waals surface area contributed by atoms with Crippen LogP contribution in [-0.4, -0.2) is 29.7 Å². The minimum absolute atomic E-state index is 0.516. The van der Waals surface area contributed by atoms with Crippen LogP contribution in [0.4, 0.5) is 0 Å². The SMILES string of the molecule is C[Si](C)(C)c1ncc[n+](C2CCCCC2)c1O[O][Al]. The van der Waals surface area contributed by atoms with Crippen LogP contribution >= 0.6 is 0 Å². The zero-order chi connectivity index (χ0) is 13.9. The molecule has 1 saturated carbocycles. The summed E-state index contributed by atoms with van der Waals surface area (Å²) in [5.74, 6) is 0.795. The Morgan fingerprint density at radius 2 is 1.95 bits per heavy atom. The Hall–Kier alpha value is -0.411. The van der Waals surface area contributed by atoms with Gasteiger partial charge in [-0.15, -0.1) is 0 Å². The molecule has 1 fully saturated rings. The molecular formula is C13H22AlN2O2Si+. The number of hydrogen-bond acceptors (Lipinski definition) is 3. The molecule has 0 saturated heterocycles. The molecule has 1 aromatic heterocycles. The molecule has 1 aliphatic rings. The van der Waals surface area contributed by atoms with E-state index in [4.69, 9.17) is 8.83 Å². The van der Waals surface area contributed by atoms with Crippen LogP contribution in [0.3, 0.4) is 0 Å². The molecule has 0 N–H and O–H groups in total. The fraction of sp³-hybridized carbons (Fsp3) is 0.692. The van der Waals surface area contributed by atoms with Crippen LogP contribution in [0.2, 0.25) is 19.6 Å². The summed E-state index contributed by atoms with van der Waals surface area (Å²) < 4.78 is 7.10. The molecule has 4 nitrogen and oxygen atoms in total. The van der Waals surface area contributed by atoms with Crippen LogP contribution < -0.4 is 14.8 Å². The summed E-state index contributed by atoms with van der Waals surface area (Å²) in [6.07, 6.45) is 10.3. The highest BCUT2D eigenvalue weighted by Crippen LogP contribution is 2.25. The van der Waals surface area contributed by atoms with Gasteiger partial charge in [-0.25, -0.2) is 4.98 Å². The highest BCUT2D eigenvalue weighted by Gasteiger charge is 2.34. The smallest absolute Gasteiger partial charge is 0.351 e. The van der Waals surface area contributed by atoms with Crippen LogP contribution in [-0.2, 0) is 3.94 Å². The Kier molecular flexibility index (Phi) is 5.02. The summed E-state index contributed by atoms with van der Waals surface area (Å²) in [6.45, 7) is 6.82. The van der Waals surface area contributed by atoms with E-state index in [0.717, 1.165) is 11.2 Å². The summed E-state index contributed by atoms with van der Waals surface area (Å²) in [7, 11) is -1.56. The number of nitrogens with zero attached hydrogens (tertiary/aromatic N) is 2. The Labute approximate surface area is 124 Å². The average Bonchev–Trinajstić information content (AvgIpc) is 2.39. The van der Waals surface area contributed by atoms with Gasteiger partial charge in [-0.1, -0.05) is 26.1 Å². The number of rotatable bonds is 4. The molecule has 0 unspecified atom stereocenters. The minimum atomic E-state index is -1.56. The summed E-state index contributed by atoms with van der Waals surface area (Å²) in [5.41, 5.74) is 0. The molecule has 2 radical (unpaired) electrons. The first-order chi connectivity index (χ1) is 9.04. The van der Waals surface area contributed by atoms with Crippen molar-refractivity contribution in [2.24, 2.45) is 0 Å². The Balaban J connectivity index is 2.41. The van der Waals surface area contributed by atoms with Gasteiger partial charge in [0, 0.05) is 12.8 Å². The molecule has 0 bridgehead atoms. The van der Waals surface area contributed by atoms with Crippen molar-refractivity contribution in [3.8, 4) is 5.88 Å². The average molecular weight is 293 g/mol. The zero-order valence-electron chi connectivity index (χ0n) is 12.1. The van der Waals surface area contributed by atoms with Gasteiger partial charge < -0.3 is 8.83 Å². The van der Waals surface area contributed by atoms with Gasteiger partial charge in [0.2, 0.25) is 0 Å². The third-order valence-corrected chi connectivity index (χ3v) is 5.53. The minimum Gasteiger partial charge on any atom is -0.351 e. The van der Waals surface area contributed by atoms with E-state index in [1.54, 1.807) is 0 Å². The summed E-state index contributed by atoms with van der Waals surface area (Å²) in [5, 5.41) is 1.07. The lowest BCUT2D eigenvalue weighted by Gasteiger charge is -2.22. The third-order valence-electron chi connectivity index (χ3n) is 3.67. The second kappa shape index (κ2) is 6.36. The van der Waals surface area contributed by atoms with Gasteiger partial charge >= 0.3 is 22.5 Å². The predicted molar refractivity (Wildman–Crippen MR) is 77.0 cm³/mol. The maximum atomic E-state index is 5.45. The maximum absolute atomic E-state index is 5.45. The number of aromatic nitrogens is 2. The monoisotopic (exact) mass is 293 g/mol. The Morgan fingerprint density at radius 3 is 2.53 bits per heavy atom. The largest absolute Gasteiger partial charge is 0.459 e. The van der Waals surface area contributed by atoms with Crippen molar-refractivity contribution in [2.75, 3.05) is 0 Å². The lowest BCUT2D eigenvalue weighted by Crippen LogP contribution is -2.51. The zero-order valence-corrected chi connectivity index (χ0v) is 14.2. The van der Waals surface area contributed by atoms with Gasteiger partial charge in [0.05, 0.1) is 6.20 Å². The lowest BCUT2D eigenvalue weighted by molar-refractivity contribution is -0.734. The fourth-order valence-electron chi connectivity index (χ4n) is 2.71. The van der Waals surface area contributed by atoms with Crippen molar-refractivity contribution < 1.29 is 13.4 Å². The normalized spacial score (nSPS) is 17.4. The van der Waals surface area contributed by atoms with Gasteiger partial charge in [-0.2, -0.15) is 4.57 Å². The molecule has 19 heavy (non-hydrogen) atoms. The van der Waals surface area contributed by atoms with E-state index in [1.165, 1.54) is 32.1 Å². The van der Waals surface area contributed by atoms with E-state index in [0.29, 0.717) is 6.04 Å². The molecule has 1 heterocycles. The first kappa shape index (κ1) is 15.0. The second-order valence-corrected chi connectivity index (χ2v) is 11.4. The van der Waals surface area contributed by atoms with Crippen molar-refractivity contribution in [1.29, 1.82) is 0 Å². The van der Waals surface area contributed by atoms with Crippen molar-refractivity contribution >= 4 is 30.0 Å². The first-order valence-electron chi connectivity index (χ1n) is 6.98. The molecule has 1 aromatic rings. The lowest BCUT2D eigenvalue weighted by atomic mass is 9.95. The molecule has 0 aromatic carbocycles. The van der Waals surface area contributed by atoms with Crippen molar-refractivity contribution in [1.82, 2.24) is 4.98 Å². The van der Waals surface area contributed by atoms with Gasteiger partial charge in [0.15, 0.2) is 12.2 Å². The van der Waals surface area contributed by atoms with Crippen LogP contribution in [0.5, 0.6) is 5.88 Å². The van der Waals surface area contributed by atoms with Crippen LogP contribution in [0.25, 0.3) is 0 Å². The summed E-state index contributed by atoms with van der Waals surface area (Å²) >= 11 is 2.16. The van der Waals surface area contributed by atoms with Gasteiger partial charge in [0.1, 0.15) is 13.4 Å². The second-order valence-electron chi connectivity index (χ2n) is 6.21. The van der Waals surface area contributed by atoms with E-state index in [9.17, 15) is 0 Å². The molecule has 0 amide bonds. The molecule has 102 valence electrons. The van der Waals surface area contributed by atoms with Crippen LogP contribution in [0.15, 0.2) is 12.4 Å². The Morgan fingerprint density at radius 1 is 1.26 bits per heavy atom. The fourth-order valence-corrected chi connectivity index (χ4v) is 4.08. The van der Waals surface area contributed by atoms with E-state index >= 15 is 0 Å². The van der Waals surface area contributed by atoms with Gasteiger partial charge in [-0.3, -0.25) is 0 Å². The molecule has 0 aliphatic heterocycles. The molecule has 2 rings (SSSR count). The van der Waals surface area contributed by atoms with E-state index < -0.39 is 8.07 Å². The third kappa shape index (κ3) is 3.57. The van der Waals surface area contributed by atoms with E-state index in [1.807, 2.05) is 12.4 Å². The molecular weight excluding hydrogens is 271 g/mol. The first-order valence-corrected chi connectivity index (χ1v) is 10.9.